The van der Waals surface area contributed by atoms with E-state index >= 15 is 0 Å². The van der Waals surface area contributed by atoms with Crippen LogP contribution in [0.4, 0.5) is 17.2 Å². The van der Waals surface area contributed by atoms with Gasteiger partial charge in [0.2, 0.25) is 0 Å². The van der Waals surface area contributed by atoms with Gasteiger partial charge in [-0.15, -0.1) is 10.2 Å². The van der Waals surface area contributed by atoms with Crippen molar-refractivity contribution in [3.8, 4) is 0 Å². The summed E-state index contributed by atoms with van der Waals surface area (Å²) in [6, 6.07) is 5.85. The number of pyridine rings is 1. The molecule has 4 rings (SSSR count). The lowest BCUT2D eigenvalue weighted by molar-refractivity contribution is 0.0995. The number of carbonyl (C=O) groups excluding carboxylic acids is 1. The smallest absolute Gasteiger partial charge is 0.271 e. The molecule has 1 fully saturated rings. The van der Waals surface area contributed by atoms with Gasteiger partial charge in [-0.05, 0) is 30.5 Å². The van der Waals surface area contributed by atoms with Crippen molar-refractivity contribution >= 4 is 34.1 Å². The summed E-state index contributed by atoms with van der Waals surface area (Å²) in [5, 5.41) is 12.3. The van der Waals surface area contributed by atoms with Crippen LogP contribution in [0.2, 0.25) is 0 Å². The van der Waals surface area contributed by atoms with Gasteiger partial charge in [-0.3, -0.25) is 4.79 Å². The average molecular weight is 366 g/mol. The summed E-state index contributed by atoms with van der Waals surface area (Å²) in [4.78, 5) is 21.5. The van der Waals surface area contributed by atoms with Crippen LogP contribution in [0, 0.1) is 5.92 Å². The van der Waals surface area contributed by atoms with E-state index in [1.54, 1.807) is 12.4 Å². The van der Waals surface area contributed by atoms with Crippen molar-refractivity contribution in [2.24, 2.45) is 11.7 Å². The van der Waals surface area contributed by atoms with E-state index in [1.807, 2.05) is 18.2 Å². The minimum atomic E-state index is -0.593. The summed E-state index contributed by atoms with van der Waals surface area (Å²) < 4.78 is 0. The number of primary amides is 1. The lowest BCUT2D eigenvalue weighted by Gasteiger charge is -2.38. The van der Waals surface area contributed by atoms with Gasteiger partial charge in [0.1, 0.15) is 5.82 Å². The molecule has 4 heterocycles. The van der Waals surface area contributed by atoms with Gasteiger partial charge in [0, 0.05) is 30.7 Å². The first-order chi connectivity index (χ1) is 13.0. The van der Waals surface area contributed by atoms with Crippen molar-refractivity contribution in [1.82, 2.24) is 20.2 Å². The molecule has 2 atom stereocenters. The Morgan fingerprint density at radius 3 is 2.89 bits per heavy atom. The topological polar surface area (TPSA) is 139 Å². The van der Waals surface area contributed by atoms with Gasteiger partial charge < -0.3 is 26.7 Å². The Balaban J connectivity index is 1.55. The van der Waals surface area contributed by atoms with Gasteiger partial charge in [-0.25, -0.2) is 4.98 Å². The second-order valence-electron chi connectivity index (χ2n) is 6.94. The fourth-order valence-electron chi connectivity index (χ4n) is 3.58. The van der Waals surface area contributed by atoms with E-state index in [-0.39, 0.29) is 11.7 Å². The number of nitrogens with one attached hydrogen (secondary N) is 2. The molecule has 0 aromatic carbocycles. The molecule has 27 heavy (non-hydrogen) atoms. The molecule has 0 spiro atoms. The summed E-state index contributed by atoms with van der Waals surface area (Å²) in [6.45, 7) is 3.86. The molecule has 9 nitrogen and oxygen atoms in total. The fraction of sp³-hybridized carbons (Fsp3) is 0.333. The first kappa shape index (κ1) is 17.1. The van der Waals surface area contributed by atoms with Crippen molar-refractivity contribution in [2.45, 2.75) is 19.4 Å². The quantitative estimate of drug-likeness (QED) is 0.547. The Bertz CT molecular complexity index is 967. The molecular formula is C18H22N8O. The second-order valence-corrected chi connectivity index (χ2v) is 6.94. The maximum Gasteiger partial charge on any atom is 0.271 e. The zero-order chi connectivity index (χ0) is 19.0. The van der Waals surface area contributed by atoms with E-state index in [0.29, 0.717) is 22.9 Å². The third-order valence-electron chi connectivity index (χ3n) is 5.04. The van der Waals surface area contributed by atoms with Crippen LogP contribution in [-0.4, -0.2) is 45.2 Å². The molecule has 9 heteroatoms. The van der Waals surface area contributed by atoms with Crippen LogP contribution in [0.5, 0.6) is 0 Å². The Morgan fingerprint density at radius 2 is 2.19 bits per heavy atom. The van der Waals surface area contributed by atoms with E-state index in [2.05, 4.69) is 37.3 Å². The van der Waals surface area contributed by atoms with Crippen molar-refractivity contribution in [1.29, 1.82) is 0 Å². The van der Waals surface area contributed by atoms with Crippen LogP contribution < -0.4 is 21.7 Å². The molecule has 6 N–H and O–H groups in total. The monoisotopic (exact) mass is 366 g/mol. The molecule has 1 amide bonds. The van der Waals surface area contributed by atoms with E-state index < -0.39 is 5.91 Å². The second kappa shape index (κ2) is 6.75. The summed E-state index contributed by atoms with van der Waals surface area (Å²) in [7, 11) is 0. The Labute approximate surface area is 156 Å². The fourth-order valence-corrected chi connectivity index (χ4v) is 3.58. The first-order valence-electron chi connectivity index (χ1n) is 8.89. The lowest BCUT2D eigenvalue weighted by Crippen LogP contribution is -2.45. The highest BCUT2D eigenvalue weighted by atomic mass is 16.1. The maximum atomic E-state index is 11.8. The Hall–Kier alpha value is -3.36. The summed E-state index contributed by atoms with van der Waals surface area (Å²) in [5.74, 6) is 0.649. The third kappa shape index (κ3) is 3.23. The minimum Gasteiger partial charge on any atom is -0.397 e. The highest BCUT2D eigenvalue weighted by Gasteiger charge is 2.28. The van der Waals surface area contributed by atoms with Gasteiger partial charge in [0.25, 0.3) is 5.91 Å². The number of aromatic amines is 1. The number of hydrogen-bond donors (Lipinski definition) is 4. The molecule has 1 aliphatic heterocycles. The molecule has 0 bridgehead atoms. The van der Waals surface area contributed by atoms with Crippen LogP contribution in [0.3, 0.4) is 0 Å². The molecule has 3 aromatic heterocycles. The Morgan fingerprint density at radius 1 is 1.33 bits per heavy atom. The van der Waals surface area contributed by atoms with Crippen molar-refractivity contribution in [3.63, 3.8) is 0 Å². The number of aromatic nitrogens is 4. The van der Waals surface area contributed by atoms with Gasteiger partial charge in [0.05, 0.1) is 17.6 Å². The highest BCUT2D eigenvalue weighted by molar-refractivity contribution is 6.04. The van der Waals surface area contributed by atoms with E-state index in [4.69, 9.17) is 11.5 Å². The normalized spacial score (nSPS) is 20.0. The van der Waals surface area contributed by atoms with Gasteiger partial charge in [-0.2, -0.15) is 0 Å². The molecular weight excluding hydrogens is 344 g/mol. The van der Waals surface area contributed by atoms with Crippen molar-refractivity contribution in [2.75, 3.05) is 29.0 Å². The standard InChI is InChI=1S/C18H22N8O/c1-10-9-26(14-3-2-11(19)8-22-14)7-5-13(10)23-15-12-4-6-21-18(12)25-24-16(15)17(20)27/h2-4,6,8,10,13H,5,7,9,19H2,1H3,(H2,20,27)(H2,21,23,25)/t10-,13+/m1/s1. The van der Waals surface area contributed by atoms with E-state index in [9.17, 15) is 4.79 Å². The number of hydrogen-bond acceptors (Lipinski definition) is 7. The molecule has 1 aliphatic rings. The number of nitrogen functional groups attached to an aromatic ring is 1. The molecule has 0 saturated carbocycles. The molecule has 140 valence electrons. The number of anilines is 3. The average Bonchev–Trinajstić information content (AvgIpc) is 3.13. The van der Waals surface area contributed by atoms with E-state index in [0.717, 1.165) is 30.7 Å². The van der Waals surface area contributed by atoms with Gasteiger partial charge in [-0.1, -0.05) is 6.92 Å². The van der Waals surface area contributed by atoms with Crippen molar-refractivity contribution < 1.29 is 4.79 Å². The molecule has 0 aliphatic carbocycles. The summed E-state index contributed by atoms with van der Waals surface area (Å²) >= 11 is 0. The minimum absolute atomic E-state index is 0.164. The number of carbonyl (C=O) groups is 1. The maximum absolute atomic E-state index is 11.8. The predicted octanol–water partition coefficient (Wildman–Crippen LogP) is 1.36. The van der Waals surface area contributed by atoms with E-state index in [1.165, 1.54) is 0 Å². The Kier molecular flexibility index (Phi) is 4.27. The SMILES string of the molecule is C[C@@H]1CN(c2ccc(N)cn2)CC[C@@H]1Nc1c(C(N)=O)nnc2[nH]ccc12. The number of nitrogens with zero attached hydrogens (tertiary/aromatic N) is 4. The van der Waals surface area contributed by atoms with Crippen LogP contribution >= 0.6 is 0 Å². The number of fused-ring (bicyclic) bond motifs is 1. The van der Waals surface area contributed by atoms with Gasteiger partial charge >= 0.3 is 0 Å². The zero-order valence-corrected chi connectivity index (χ0v) is 15.0. The predicted molar refractivity (Wildman–Crippen MR) is 104 cm³/mol. The number of piperidine rings is 1. The zero-order valence-electron chi connectivity index (χ0n) is 15.0. The highest BCUT2D eigenvalue weighted by Crippen LogP contribution is 2.29. The summed E-state index contributed by atoms with van der Waals surface area (Å²) in [6.07, 6.45) is 4.34. The van der Waals surface area contributed by atoms with Crippen LogP contribution in [-0.2, 0) is 0 Å². The number of rotatable bonds is 4. The lowest BCUT2D eigenvalue weighted by atomic mass is 9.93. The molecule has 0 unspecified atom stereocenters. The number of H-pyrrole nitrogens is 1. The third-order valence-corrected chi connectivity index (χ3v) is 5.04. The van der Waals surface area contributed by atoms with Crippen molar-refractivity contribution in [3.05, 3.63) is 36.3 Å². The largest absolute Gasteiger partial charge is 0.397 e. The van der Waals surface area contributed by atoms with Gasteiger partial charge in [0.15, 0.2) is 11.3 Å². The number of amides is 1. The van der Waals surface area contributed by atoms with Crippen LogP contribution in [0.15, 0.2) is 30.6 Å². The summed E-state index contributed by atoms with van der Waals surface area (Å²) in [5.41, 5.74) is 13.3. The molecule has 1 saturated heterocycles. The first-order valence-corrected chi connectivity index (χ1v) is 8.89. The molecule has 3 aromatic rings. The number of nitrogens with two attached hydrogens (primary N) is 2. The van der Waals surface area contributed by atoms with Crippen LogP contribution in [0.25, 0.3) is 11.0 Å². The molecule has 0 radical (unpaired) electrons. The van der Waals surface area contributed by atoms with Crippen LogP contribution in [0.1, 0.15) is 23.8 Å².